The topological polar surface area (TPSA) is 3.01 Å². The van der Waals surface area contributed by atoms with Crippen molar-refractivity contribution in [2.45, 2.75) is 6.16 Å². The molecular weight excluding hydrogens is 316 g/mol. The van der Waals surface area contributed by atoms with Gasteiger partial charge in [0.25, 0.3) is 0 Å². The van der Waals surface area contributed by atoms with Crippen LogP contribution in [0.5, 0.6) is 0 Å². The van der Waals surface area contributed by atoms with Crippen LogP contribution >= 0.6 is 15.8 Å². The van der Waals surface area contributed by atoms with Crippen LogP contribution in [0.15, 0.2) is 47.6 Å². The molecule has 0 saturated carbocycles. The van der Waals surface area contributed by atoms with Gasteiger partial charge in [0.15, 0.2) is 11.7 Å². The van der Waals surface area contributed by atoms with E-state index >= 15 is 0 Å². The van der Waals surface area contributed by atoms with Crippen molar-refractivity contribution >= 4 is 34.3 Å². The molecule has 0 aromatic heterocycles. The standard InChI is InChI=1S/C20H25NP2/c1-21-19-15(8-6-10-17(19)13-22(2)3)12-16-9-7-11-18(20(16)21)14-23(4)5/h6-12H,1,13-14H2,2-5H3. The molecule has 0 bridgehead atoms. The lowest BCUT2D eigenvalue weighted by atomic mass is 9.88. The Labute approximate surface area is 143 Å². The molecule has 2 aliphatic rings. The molecule has 23 heavy (non-hydrogen) atoms. The highest BCUT2D eigenvalue weighted by Gasteiger charge is 2.31. The lowest BCUT2D eigenvalue weighted by molar-refractivity contribution is -0.403. The van der Waals surface area contributed by atoms with Gasteiger partial charge in [-0.15, -0.1) is 34.1 Å². The van der Waals surface area contributed by atoms with Crippen molar-refractivity contribution in [1.29, 1.82) is 0 Å². The third-order valence-corrected chi connectivity index (χ3v) is 6.07. The minimum atomic E-state index is 0.0350. The van der Waals surface area contributed by atoms with Crippen LogP contribution in [0.1, 0.15) is 11.1 Å². The number of hydrogen-bond acceptors (Lipinski definition) is 0. The average Bonchev–Trinajstić information content (AvgIpc) is 2.46. The van der Waals surface area contributed by atoms with Gasteiger partial charge in [-0.3, -0.25) is 0 Å². The van der Waals surface area contributed by atoms with E-state index in [1.807, 2.05) is 0 Å². The van der Waals surface area contributed by atoms with Crippen LogP contribution in [-0.4, -0.2) is 44.1 Å². The minimum absolute atomic E-state index is 0.0350. The summed E-state index contributed by atoms with van der Waals surface area (Å²) in [6.45, 7) is 13.8. The molecule has 1 heterocycles. The maximum absolute atomic E-state index is 4.44. The quantitative estimate of drug-likeness (QED) is 0.390. The number of rotatable bonds is 4. The summed E-state index contributed by atoms with van der Waals surface area (Å²) in [5.41, 5.74) is 6.77. The van der Waals surface area contributed by atoms with Crippen molar-refractivity contribution in [3.63, 3.8) is 0 Å². The molecule has 3 heteroatoms. The Morgan fingerprint density at radius 2 is 1.83 bits per heavy atom. The zero-order valence-electron chi connectivity index (χ0n) is 14.5. The largest absolute Gasteiger partial charge is 0.248 e. The average molecular weight is 341 g/mol. The fourth-order valence-electron chi connectivity index (χ4n) is 3.33. The molecular formula is C20H25NP2. The molecule has 1 aliphatic carbocycles. The van der Waals surface area contributed by atoms with E-state index in [2.05, 4.69) is 80.5 Å². The van der Waals surface area contributed by atoms with E-state index in [9.17, 15) is 0 Å². The van der Waals surface area contributed by atoms with Crippen LogP contribution in [0.2, 0.25) is 0 Å². The second-order valence-corrected chi connectivity index (χ2v) is 11.7. The molecule has 1 aliphatic heterocycles. The second-order valence-electron chi connectivity index (χ2n) is 6.76. The minimum Gasteiger partial charge on any atom is -0.248 e. The van der Waals surface area contributed by atoms with Crippen molar-refractivity contribution in [2.24, 2.45) is 0 Å². The number of allylic oxidation sites excluding steroid dienone is 2. The Kier molecular flexibility index (Phi) is 4.90. The normalized spacial score (nSPS) is 16.4. The Bertz CT molecular complexity index is 723. The van der Waals surface area contributed by atoms with Crippen molar-refractivity contribution < 1.29 is 4.58 Å². The van der Waals surface area contributed by atoms with Gasteiger partial charge in [-0.2, -0.15) is 0 Å². The van der Waals surface area contributed by atoms with Gasteiger partial charge in [0, 0.05) is 0 Å². The van der Waals surface area contributed by atoms with Crippen LogP contribution in [0.25, 0.3) is 6.08 Å². The van der Waals surface area contributed by atoms with Gasteiger partial charge in [-0.25, -0.2) is 4.58 Å². The maximum atomic E-state index is 4.44. The zero-order valence-corrected chi connectivity index (χ0v) is 16.3. The fraction of sp³-hybridized carbons (Fsp3) is 0.300. The van der Waals surface area contributed by atoms with E-state index in [-0.39, 0.29) is 15.8 Å². The van der Waals surface area contributed by atoms with Crippen molar-refractivity contribution in [3.05, 3.63) is 64.7 Å². The molecule has 3 rings (SSSR count). The van der Waals surface area contributed by atoms with Crippen LogP contribution in [0.3, 0.4) is 0 Å². The summed E-state index contributed by atoms with van der Waals surface area (Å²) in [4.78, 5) is 0. The van der Waals surface area contributed by atoms with E-state index in [4.69, 9.17) is 0 Å². The van der Waals surface area contributed by atoms with E-state index < -0.39 is 0 Å². The summed E-state index contributed by atoms with van der Waals surface area (Å²) in [6.07, 6.45) is 11.3. The lowest BCUT2D eigenvalue weighted by Crippen LogP contribution is -2.24. The van der Waals surface area contributed by atoms with Gasteiger partial charge in [-0.05, 0) is 61.3 Å². The molecule has 1 aromatic carbocycles. The van der Waals surface area contributed by atoms with Crippen molar-refractivity contribution in [2.75, 3.05) is 32.8 Å². The summed E-state index contributed by atoms with van der Waals surface area (Å²) in [7, 11) is 0.0699. The molecule has 0 amide bonds. The molecule has 0 radical (unpaired) electrons. The third kappa shape index (κ3) is 3.37. The maximum Gasteiger partial charge on any atom is 0.163 e. The number of hydrogen-bond donors (Lipinski definition) is 0. The predicted molar refractivity (Wildman–Crippen MR) is 108 cm³/mol. The molecule has 0 saturated heterocycles. The fourth-order valence-corrected chi connectivity index (χ4v) is 5.20. The Morgan fingerprint density at radius 1 is 1.09 bits per heavy atom. The van der Waals surface area contributed by atoms with Crippen LogP contribution < -0.4 is 0 Å². The molecule has 0 unspecified atom stereocenters. The lowest BCUT2D eigenvalue weighted by Gasteiger charge is -2.32. The summed E-state index contributed by atoms with van der Waals surface area (Å²) >= 11 is 0. The molecule has 1 nitrogen and oxygen atoms in total. The van der Waals surface area contributed by atoms with Crippen molar-refractivity contribution in [3.8, 4) is 0 Å². The van der Waals surface area contributed by atoms with Crippen LogP contribution in [0.4, 0.5) is 5.69 Å². The van der Waals surface area contributed by atoms with Crippen LogP contribution in [0, 0.1) is 6.04 Å². The monoisotopic (exact) mass is 341 g/mol. The Balaban J connectivity index is 2.07. The molecule has 120 valence electrons. The van der Waals surface area contributed by atoms with E-state index in [1.165, 1.54) is 34.0 Å². The summed E-state index contributed by atoms with van der Waals surface area (Å²) in [5, 5.41) is 0. The van der Waals surface area contributed by atoms with Crippen LogP contribution in [-0.2, 0) is 6.16 Å². The highest BCUT2D eigenvalue weighted by molar-refractivity contribution is 7.56. The van der Waals surface area contributed by atoms with Crippen molar-refractivity contribution in [1.82, 2.24) is 0 Å². The highest BCUT2D eigenvalue weighted by Crippen LogP contribution is 2.46. The zero-order chi connectivity index (χ0) is 16.6. The van der Waals surface area contributed by atoms with E-state index in [0.717, 1.165) is 12.3 Å². The Morgan fingerprint density at radius 3 is 2.52 bits per heavy atom. The Hall–Kier alpha value is -1.16. The van der Waals surface area contributed by atoms with Gasteiger partial charge >= 0.3 is 0 Å². The first-order valence-electron chi connectivity index (χ1n) is 7.96. The summed E-state index contributed by atoms with van der Waals surface area (Å²) < 4.78 is 2.20. The summed E-state index contributed by atoms with van der Waals surface area (Å²) in [6, 6.07) is 7.98. The van der Waals surface area contributed by atoms with Gasteiger partial charge in [-0.1, -0.05) is 24.3 Å². The number of fused-ring (bicyclic) bond motifs is 2. The molecule has 0 atom stereocenters. The first-order chi connectivity index (χ1) is 11.0. The van der Waals surface area contributed by atoms with Gasteiger partial charge in [0.2, 0.25) is 0 Å². The van der Waals surface area contributed by atoms with E-state index in [1.54, 1.807) is 0 Å². The second kappa shape index (κ2) is 6.76. The summed E-state index contributed by atoms with van der Waals surface area (Å²) in [5.74, 6) is 0. The SMILES string of the molecule is C=[N+]1c2c(cccc2CP(C)C)C=C2C=CC=C(CP(C)C)[C-]21. The molecule has 0 spiro atoms. The first kappa shape index (κ1) is 16.7. The van der Waals surface area contributed by atoms with Gasteiger partial charge < -0.3 is 0 Å². The predicted octanol–water partition coefficient (Wildman–Crippen LogP) is 5.44. The third-order valence-electron chi connectivity index (χ3n) is 4.13. The smallest absolute Gasteiger partial charge is 0.163 e. The number of benzene rings is 1. The van der Waals surface area contributed by atoms with Gasteiger partial charge in [0.05, 0.1) is 6.72 Å². The molecule has 0 fully saturated rings. The number of para-hydroxylation sites is 1. The first-order valence-corrected chi connectivity index (χ1v) is 12.8. The number of nitrogens with zero attached hydrogens (tertiary/aromatic N) is 1. The van der Waals surface area contributed by atoms with Gasteiger partial charge in [0.1, 0.15) is 0 Å². The van der Waals surface area contributed by atoms with E-state index in [0.29, 0.717) is 0 Å². The molecule has 1 aromatic rings. The molecule has 0 N–H and O–H groups in total. The highest BCUT2D eigenvalue weighted by atomic mass is 31.1.